The molecule has 2 N–H and O–H groups in total. The molecule has 0 heterocycles. The van der Waals surface area contributed by atoms with Crippen LogP contribution in [0.3, 0.4) is 0 Å². The van der Waals surface area contributed by atoms with Gasteiger partial charge in [0, 0.05) is 13.2 Å². The minimum absolute atomic E-state index is 0.330. The molecular formula is C12H16O2. The van der Waals surface area contributed by atoms with Gasteiger partial charge in [-0.15, -0.1) is 0 Å². The number of fused-ring (bicyclic) bond motifs is 1. The summed E-state index contributed by atoms with van der Waals surface area (Å²) in [5.41, 5.74) is 0. The van der Waals surface area contributed by atoms with E-state index in [1.807, 2.05) is 0 Å². The van der Waals surface area contributed by atoms with Crippen LogP contribution in [-0.2, 0) is 0 Å². The average Bonchev–Trinajstić information content (AvgIpc) is 2.17. The number of aliphatic hydroxyl groups excluding tert-OH is 2. The molecule has 4 unspecified atom stereocenters. The fraction of sp³-hybridized carbons (Fsp3) is 1.00. The van der Waals surface area contributed by atoms with Crippen molar-refractivity contribution in [2.75, 3.05) is 13.2 Å². The van der Waals surface area contributed by atoms with Gasteiger partial charge < -0.3 is 10.2 Å². The highest BCUT2D eigenvalue weighted by atomic mass is 16.3. The lowest BCUT2D eigenvalue weighted by Crippen LogP contribution is -2.92. The van der Waals surface area contributed by atoms with E-state index in [4.69, 9.17) is 0 Å². The third-order valence-electron chi connectivity index (χ3n) is 6.85. The molecule has 0 aromatic carbocycles. The summed E-state index contributed by atoms with van der Waals surface area (Å²) in [6.45, 7) is 0.659. The van der Waals surface area contributed by atoms with E-state index < -0.39 is 0 Å². The van der Waals surface area contributed by atoms with Gasteiger partial charge in [0.2, 0.25) is 0 Å². The summed E-state index contributed by atoms with van der Waals surface area (Å²) in [6, 6.07) is 0. The maximum Gasteiger partial charge on any atom is 0.0465 e. The number of aliphatic hydroxyl groups is 2. The van der Waals surface area contributed by atoms with Crippen LogP contribution in [0.4, 0.5) is 0 Å². The maximum atomic E-state index is 9.45. The lowest BCUT2D eigenvalue weighted by Gasteiger charge is -2.95. The molecule has 6 aliphatic carbocycles. The highest BCUT2D eigenvalue weighted by Gasteiger charge is 2.90. The van der Waals surface area contributed by atoms with Crippen LogP contribution in [0, 0.1) is 59.2 Å². The van der Waals surface area contributed by atoms with Gasteiger partial charge in [0.15, 0.2) is 0 Å². The van der Waals surface area contributed by atoms with Crippen LogP contribution < -0.4 is 0 Å². The summed E-state index contributed by atoms with van der Waals surface area (Å²) in [6.07, 6.45) is 0. The van der Waals surface area contributed by atoms with Crippen LogP contribution >= 0.6 is 0 Å². The Labute approximate surface area is 83.3 Å². The Morgan fingerprint density at radius 3 is 1.07 bits per heavy atom. The zero-order valence-electron chi connectivity index (χ0n) is 8.08. The second kappa shape index (κ2) is 1.80. The first kappa shape index (κ1) is 7.24. The summed E-state index contributed by atoms with van der Waals surface area (Å²) >= 11 is 0. The van der Waals surface area contributed by atoms with Gasteiger partial charge in [0.25, 0.3) is 0 Å². The van der Waals surface area contributed by atoms with Gasteiger partial charge in [0.05, 0.1) is 0 Å². The molecule has 10 atom stereocenters. The van der Waals surface area contributed by atoms with Crippen molar-refractivity contribution in [2.24, 2.45) is 59.2 Å². The average molecular weight is 192 g/mol. The molecule has 2 bridgehead atoms. The SMILES string of the molecule is OC[C@@H]1C2[C@H]3C4C5[C@H]3C([C@H]5[C@@H]42)[C@@H]1CO. The van der Waals surface area contributed by atoms with E-state index in [9.17, 15) is 10.2 Å². The fourth-order valence-corrected chi connectivity index (χ4v) is 6.78. The Morgan fingerprint density at radius 1 is 0.500 bits per heavy atom. The van der Waals surface area contributed by atoms with E-state index in [1.54, 1.807) is 0 Å². The van der Waals surface area contributed by atoms with Crippen LogP contribution in [0.2, 0.25) is 0 Å². The minimum atomic E-state index is 0.330. The third-order valence-corrected chi connectivity index (χ3v) is 6.85. The topological polar surface area (TPSA) is 40.5 Å². The summed E-state index contributed by atoms with van der Waals surface area (Å²) in [5.74, 6) is 8.77. The fourth-order valence-electron chi connectivity index (χ4n) is 6.78. The Balaban J connectivity index is 1.60. The second-order valence-corrected chi connectivity index (χ2v) is 6.31. The first-order valence-electron chi connectivity index (χ1n) is 6.12. The van der Waals surface area contributed by atoms with Gasteiger partial charge in [0.1, 0.15) is 0 Å². The molecular weight excluding hydrogens is 176 g/mol. The Hall–Kier alpha value is -0.0800. The second-order valence-electron chi connectivity index (χ2n) is 6.31. The highest BCUT2D eigenvalue weighted by Crippen LogP contribution is 2.93. The van der Waals surface area contributed by atoms with E-state index in [1.165, 1.54) is 0 Å². The third kappa shape index (κ3) is 0.396. The quantitative estimate of drug-likeness (QED) is 0.656. The standard InChI is InChI=1S/C12H16O2/c13-1-3-4(2-14)6-9-7-5(3)8-10(6)12(9)11(7)8/h3-14H,1-2H2/t3-,4+,5?,6?,7-,8+,9-,10-,11?,12?/m0/s1. The number of hydrogen-bond donors (Lipinski definition) is 2. The minimum Gasteiger partial charge on any atom is -0.396 e. The molecule has 2 nitrogen and oxygen atoms in total. The smallest absolute Gasteiger partial charge is 0.0465 e. The van der Waals surface area contributed by atoms with Crippen LogP contribution in [0.1, 0.15) is 0 Å². The van der Waals surface area contributed by atoms with Crippen molar-refractivity contribution >= 4 is 0 Å². The van der Waals surface area contributed by atoms with E-state index in [-0.39, 0.29) is 0 Å². The van der Waals surface area contributed by atoms with E-state index in [0.717, 1.165) is 47.3 Å². The van der Waals surface area contributed by atoms with E-state index in [2.05, 4.69) is 0 Å². The first-order chi connectivity index (χ1) is 6.90. The first-order valence-corrected chi connectivity index (χ1v) is 6.12. The Bertz CT molecular complexity index is 272. The molecule has 76 valence electrons. The highest BCUT2D eigenvalue weighted by molar-refractivity contribution is 5.36. The van der Waals surface area contributed by atoms with Gasteiger partial charge in [-0.05, 0) is 59.2 Å². The predicted molar refractivity (Wildman–Crippen MR) is 49.1 cm³/mol. The molecule has 6 saturated carbocycles. The molecule has 0 amide bonds. The van der Waals surface area contributed by atoms with Crippen LogP contribution in [-0.4, -0.2) is 23.4 Å². The summed E-state index contributed by atoms with van der Waals surface area (Å²) < 4.78 is 0. The largest absolute Gasteiger partial charge is 0.396 e. The van der Waals surface area contributed by atoms with Crippen molar-refractivity contribution in [2.45, 2.75) is 0 Å². The van der Waals surface area contributed by atoms with Gasteiger partial charge in [-0.25, -0.2) is 0 Å². The van der Waals surface area contributed by atoms with Gasteiger partial charge in [-0.3, -0.25) is 0 Å². The molecule has 6 aliphatic rings. The normalized spacial score (nSPS) is 79.3. The molecule has 6 fully saturated rings. The summed E-state index contributed by atoms with van der Waals surface area (Å²) in [4.78, 5) is 0. The maximum absolute atomic E-state index is 9.45. The molecule has 0 radical (unpaired) electrons. The molecule has 2 heteroatoms. The molecule has 0 saturated heterocycles. The predicted octanol–water partition coefficient (Wildman–Crippen LogP) is 0.201. The van der Waals surface area contributed by atoms with Gasteiger partial charge in [-0.2, -0.15) is 0 Å². The lowest BCUT2D eigenvalue weighted by molar-refractivity contribution is -0.488. The van der Waals surface area contributed by atoms with Crippen LogP contribution in [0.5, 0.6) is 0 Å². The van der Waals surface area contributed by atoms with Crippen molar-refractivity contribution in [3.05, 3.63) is 0 Å². The number of hydrogen-bond acceptors (Lipinski definition) is 2. The van der Waals surface area contributed by atoms with Crippen molar-refractivity contribution in [3.8, 4) is 0 Å². The molecule has 6 rings (SSSR count). The molecule has 0 aromatic heterocycles. The van der Waals surface area contributed by atoms with E-state index in [0.29, 0.717) is 25.0 Å². The van der Waals surface area contributed by atoms with Crippen LogP contribution in [0.15, 0.2) is 0 Å². The van der Waals surface area contributed by atoms with Gasteiger partial charge in [-0.1, -0.05) is 0 Å². The zero-order valence-corrected chi connectivity index (χ0v) is 8.08. The molecule has 0 spiro atoms. The zero-order chi connectivity index (χ0) is 9.19. The van der Waals surface area contributed by atoms with Crippen molar-refractivity contribution < 1.29 is 10.2 Å². The molecule has 0 aromatic rings. The lowest BCUT2D eigenvalue weighted by atomic mass is 9.09. The van der Waals surface area contributed by atoms with Crippen molar-refractivity contribution in [1.82, 2.24) is 0 Å². The molecule has 14 heavy (non-hydrogen) atoms. The van der Waals surface area contributed by atoms with Gasteiger partial charge >= 0.3 is 0 Å². The van der Waals surface area contributed by atoms with Crippen molar-refractivity contribution in [3.63, 3.8) is 0 Å². The summed E-state index contributed by atoms with van der Waals surface area (Å²) in [5, 5.41) is 18.9. The van der Waals surface area contributed by atoms with E-state index >= 15 is 0 Å². The monoisotopic (exact) mass is 192 g/mol. The molecule has 0 aliphatic heterocycles. The van der Waals surface area contributed by atoms with Crippen LogP contribution in [0.25, 0.3) is 0 Å². The number of rotatable bonds is 2. The Morgan fingerprint density at radius 2 is 0.786 bits per heavy atom. The van der Waals surface area contributed by atoms with Crippen molar-refractivity contribution in [1.29, 1.82) is 0 Å². The Kier molecular flexibility index (Phi) is 0.931. The summed E-state index contributed by atoms with van der Waals surface area (Å²) in [7, 11) is 0.